The van der Waals surface area contributed by atoms with E-state index in [-0.39, 0.29) is 0 Å². The van der Waals surface area contributed by atoms with Crippen LogP contribution in [0.15, 0.2) is 12.1 Å². The van der Waals surface area contributed by atoms with Crippen molar-refractivity contribution in [3.63, 3.8) is 0 Å². The van der Waals surface area contributed by atoms with Gasteiger partial charge in [-0.1, -0.05) is 25.4 Å². The van der Waals surface area contributed by atoms with E-state index in [4.69, 9.17) is 26.8 Å². The molecular formula is C15H23ClN2O3. The van der Waals surface area contributed by atoms with E-state index in [1.807, 2.05) is 6.07 Å². The summed E-state index contributed by atoms with van der Waals surface area (Å²) in [6, 6.07) is 3.63. The standard InChI is InChI=1S/C15H23ClN2O3/c1-9(2)7-18-8-11-5-12(16)14(13(6-11)20-4)21-10(3)15(17)19/h5-6,9-10,18H,7-8H2,1-4H3,(H2,17,19). The first-order chi connectivity index (χ1) is 9.85. The summed E-state index contributed by atoms with van der Waals surface area (Å²) < 4.78 is 10.8. The van der Waals surface area contributed by atoms with Gasteiger partial charge in [0.05, 0.1) is 12.1 Å². The minimum atomic E-state index is -0.777. The summed E-state index contributed by atoms with van der Waals surface area (Å²) in [4.78, 5) is 11.1. The van der Waals surface area contributed by atoms with Crippen LogP contribution in [0.2, 0.25) is 5.02 Å². The summed E-state index contributed by atoms with van der Waals surface area (Å²) in [6.45, 7) is 7.44. The SMILES string of the molecule is COc1cc(CNCC(C)C)cc(Cl)c1OC(C)C(N)=O. The monoisotopic (exact) mass is 314 g/mol. The zero-order valence-electron chi connectivity index (χ0n) is 12.9. The summed E-state index contributed by atoms with van der Waals surface area (Å²) >= 11 is 6.22. The molecule has 0 fully saturated rings. The molecule has 0 aliphatic heterocycles. The Labute approximate surface area is 130 Å². The highest BCUT2D eigenvalue weighted by atomic mass is 35.5. The molecule has 1 rings (SSSR count). The third-order valence-corrected chi connectivity index (χ3v) is 3.15. The van der Waals surface area contributed by atoms with Gasteiger partial charge in [0.25, 0.3) is 5.91 Å². The number of halogens is 1. The molecule has 0 spiro atoms. The fourth-order valence-electron chi connectivity index (χ4n) is 1.73. The summed E-state index contributed by atoms with van der Waals surface area (Å²) in [6.07, 6.45) is -0.777. The molecule has 0 aliphatic carbocycles. The lowest BCUT2D eigenvalue weighted by Gasteiger charge is -2.17. The summed E-state index contributed by atoms with van der Waals surface area (Å²) in [7, 11) is 1.53. The minimum absolute atomic E-state index is 0.332. The van der Waals surface area contributed by atoms with Crippen LogP contribution in [0.5, 0.6) is 11.5 Å². The molecule has 5 nitrogen and oxygen atoms in total. The first-order valence-electron chi connectivity index (χ1n) is 6.88. The number of rotatable bonds is 8. The molecule has 1 aromatic rings. The molecule has 1 amide bonds. The Morgan fingerprint density at radius 1 is 1.38 bits per heavy atom. The van der Waals surface area contributed by atoms with Crippen molar-refractivity contribution in [2.24, 2.45) is 11.7 Å². The zero-order chi connectivity index (χ0) is 16.0. The van der Waals surface area contributed by atoms with E-state index in [0.29, 0.717) is 29.0 Å². The number of hydrogen-bond donors (Lipinski definition) is 2. The third kappa shape index (κ3) is 5.44. The van der Waals surface area contributed by atoms with Crippen LogP contribution in [0.4, 0.5) is 0 Å². The van der Waals surface area contributed by atoms with Crippen LogP contribution in [0.3, 0.4) is 0 Å². The Kier molecular flexibility index (Phi) is 6.78. The lowest BCUT2D eigenvalue weighted by Crippen LogP contribution is -2.30. The van der Waals surface area contributed by atoms with E-state index in [1.54, 1.807) is 13.0 Å². The maximum atomic E-state index is 11.1. The molecule has 3 N–H and O–H groups in total. The number of carbonyl (C=O) groups excluding carboxylic acids is 1. The van der Waals surface area contributed by atoms with Gasteiger partial charge in [-0.25, -0.2) is 0 Å². The molecule has 1 unspecified atom stereocenters. The minimum Gasteiger partial charge on any atom is -0.493 e. The number of benzene rings is 1. The molecular weight excluding hydrogens is 292 g/mol. The lowest BCUT2D eigenvalue weighted by atomic mass is 10.1. The molecule has 1 aromatic carbocycles. The van der Waals surface area contributed by atoms with Gasteiger partial charge in [0.1, 0.15) is 0 Å². The number of amides is 1. The van der Waals surface area contributed by atoms with Gasteiger partial charge >= 0.3 is 0 Å². The molecule has 0 heterocycles. The van der Waals surface area contributed by atoms with Gasteiger partial charge < -0.3 is 20.5 Å². The number of carbonyl (C=O) groups is 1. The zero-order valence-corrected chi connectivity index (χ0v) is 13.7. The van der Waals surface area contributed by atoms with Crippen LogP contribution in [-0.2, 0) is 11.3 Å². The number of nitrogens with two attached hydrogens (primary N) is 1. The van der Waals surface area contributed by atoms with Crippen molar-refractivity contribution < 1.29 is 14.3 Å². The predicted octanol–water partition coefficient (Wildman–Crippen LogP) is 2.35. The van der Waals surface area contributed by atoms with Gasteiger partial charge in [-0.3, -0.25) is 4.79 Å². The Bertz CT molecular complexity index is 492. The van der Waals surface area contributed by atoms with Crippen LogP contribution in [0, 0.1) is 5.92 Å². The van der Waals surface area contributed by atoms with Gasteiger partial charge in [0.2, 0.25) is 0 Å². The molecule has 0 saturated heterocycles. The van der Waals surface area contributed by atoms with Crippen LogP contribution in [-0.4, -0.2) is 25.7 Å². The van der Waals surface area contributed by atoms with Crippen LogP contribution >= 0.6 is 11.6 Å². The van der Waals surface area contributed by atoms with Crippen molar-refractivity contribution in [2.45, 2.75) is 33.4 Å². The third-order valence-electron chi connectivity index (χ3n) is 2.87. The first-order valence-corrected chi connectivity index (χ1v) is 7.26. The summed E-state index contributed by atoms with van der Waals surface area (Å²) in [5, 5.41) is 3.72. The number of hydrogen-bond acceptors (Lipinski definition) is 4. The van der Waals surface area contributed by atoms with Gasteiger partial charge in [0.15, 0.2) is 17.6 Å². The second-order valence-electron chi connectivity index (χ2n) is 5.30. The topological polar surface area (TPSA) is 73.6 Å². The molecule has 0 aliphatic rings. The van der Waals surface area contributed by atoms with Crippen molar-refractivity contribution in [2.75, 3.05) is 13.7 Å². The van der Waals surface area contributed by atoms with Crippen molar-refractivity contribution in [3.8, 4) is 11.5 Å². The summed E-state index contributed by atoms with van der Waals surface area (Å²) in [5.74, 6) is 0.826. The van der Waals surface area contributed by atoms with E-state index < -0.39 is 12.0 Å². The van der Waals surface area contributed by atoms with E-state index >= 15 is 0 Å². The number of methoxy groups -OCH3 is 1. The second-order valence-corrected chi connectivity index (χ2v) is 5.70. The molecule has 0 saturated carbocycles. The quantitative estimate of drug-likeness (QED) is 0.772. The van der Waals surface area contributed by atoms with Crippen molar-refractivity contribution in [1.29, 1.82) is 0 Å². The van der Waals surface area contributed by atoms with Gasteiger partial charge in [0, 0.05) is 6.54 Å². The van der Waals surface area contributed by atoms with E-state index in [0.717, 1.165) is 12.1 Å². The predicted molar refractivity (Wildman–Crippen MR) is 83.8 cm³/mol. The van der Waals surface area contributed by atoms with Crippen molar-refractivity contribution in [3.05, 3.63) is 22.7 Å². The average Bonchev–Trinajstić information content (AvgIpc) is 2.40. The van der Waals surface area contributed by atoms with Crippen LogP contribution < -0.4 is 20.5 Å². The Morgan fingerprint density at radius 3 is 2.57 bits per heavy atom. The number of ether oxygens (including phenoxy) is 2. The largest absolute Gasteiger partial charge is 0.493 e. The second kappa shape index (κ2) is 8.10. The molecule has 0 bridgehead atoms. The number of nitrogens with one attached hydrogen (secondary N) is 1. The Hall–Kier alpha value is -1.46. The fraction of sp³-hybridized carbons (Fsp3) is 0.533. The molecule has 0 aromatic heterocycles. The Morgan fingerprint density at radius 2 is 2.05 bits per heavy atom. The molecule has 0 radical (unpaired) electrons. The molecule has 21 heavy (non-hydrogen) atoms. The van der Waals surface area contributed by atoms with Crippen LogP contribution in [0.25, 0.3) is 0 Å². The van der Waals surface area contributed by atoms with Gasteiger partial charge in [-0.2, -0.15) is 0 Å². The smallest absolute Gasteiger partial charge is 0.258 e. The number of primary amides is 1. The van der Waals surface area contributed by atoms with Crippen LogP contribution in [0.1, 0.15) is 26.3 Å². The average molecular weight is 315 g/mol. The normalized spacial score (nSPS) is 12.3. The highest BCUT2D eigenvalue weighted by molar-refractivity contribution is 6.32. The highest BCUT2D eigenvalue weighted by Crippen LogP contribution is 2.37. The maximum absolute atomic E-state index is 11.1. The molecule has 1 atom stereocenters. The van der Waals surface area contributed by atoms with E-state index in [2.05, 4.69) is 19.2 Å². The fourth-order valence-corrected chi connectivity index (χ4v) is 2.01. The van der Waals surface area contributed by atoms with Gasteiger partial charge in [-0.15, -0.1) is 0 Å². The first kappa shape index (κ1) is 17.6. The Balaban J connectivity index is 2.89. The van der Waals surface area contributed by atoms with E-state index in [1.165, 1.54) is 7.11 Å². The van der Waals surface area contributed by atoms with Gasteiger partial charge in [-0.05, 0) is 37.1 Å². The lowest BCUT2D eigenvalue weighted by molar-refractivity contribution is -0.124. The van der Waals surface area contributed by atoms with Crippen molar-refractivity contribution in [1.82, 2.24) is 5.32 Å². The van der Waals surface area contributed by atoms with Crippen molar-refractivity contribution >= 4 is 17.5 Å². The molecule has 6 heteroatoms. The van der Waals surface area contributed by atoms with E-state index in [9.17, 15) is 4.79 Å². The molecule has 118 valence electrons. The summed E-state index contributed by atoms with van der Waals surface area (Å²) in [5.41, 5.74) is 6.17. The maximum Gasteiger partial charge on any atom is 0.258 e. The highest BCUT2D eigenvalue weighted by Gasteiger charge is 2.17.